The molecule has 0 amide bonds. The zero-order chi connectivity index (χ0) is 16.0. The summed E-state index contributed by atoms with van der Waals surface area (Å²) in [4.78, 5) is 20.2. The van der Waals surface area contributed by atoms with E-state index in [9.17, 15) is 23.3 Å². The Kier molecular flexibility index (Phi) is 5.76. The summed E-state index contributed by atoms with van der Waals surface area (Å²) in [5.74, 6) is -1.13. The van der Waals surface area contributed by atoms with Gasteiger partial charge in [-0.2, -0.15) is 0 Å². The number of methoxy groups -OCH3 is 1. The molecule has 1 unspecified atom stereocenters. The van der Waals surface area contributed by atoms with Crippen LogP contribution in [0.25, 0.3) is 0 Å². The van der Waals surface area contributed by atoms with E-state index in [-0.39, 0.29) is 23.5 Å². The van der Waals surface area contributed by atoms with Crippen molar-refractivity contribution in [2.45, 2.75) is 17.4 Å². The fraction of sp³-hybridized carbons (Fsp3) is 0.364. The monoisotopic (exact) mass is 318 g/mol. The van der Waals surface area contributed by atoms with E-state index in [1.54, 1.807) is 0 Å². The van der Waals surface area contributed by atoms with Crippen molar-refractivity contribution < 1.29 is 28.0 Å². The van der Waals surface area contributed by atoms with Crippen LogP contribution in [0.15, 0.2) is 29.2 Å². The molecule has 0 aromatic heterocycles. The van der Waals surface area contributed by atoms with Gasteiger partial charge in [-0.15, -0.1) is 0 Å². The van der Waals surface area contributed by atoms with Crippen LogP contribution in [-0.2, 0) is 19.6 Å². The number of hydrogen-bond acceptors (Lipinski definition) is 6. The van der Waals surface area contributed by atoms with E-state index < -0.39 is 27.0 Å². The highest BCUT2D eigenvalue weighted by molar-refractivity contribution is 7.89. The molecule has 0 saturated carbocycles. The van der Waals surface area contributed by atoms with Crippen molar-refractivity contribution in [2.24, 2.45) is 0 Å². The molecule has 2 N–H and O–H groups in total. The Morgan fingerprint density at radius 1 is 1.52 bits per heavy atom. The first-order valence-corrected chi connectivity index (χ1v) is 7.23. The van der Waals surface area contributed by atoms with Crippen LogP contribution in [0.1, 0.15) is 6.42 Å². The van der Waals surface area contributed by atoms with Gasteiger partial charge in [0.1, 0.15) is 0 Å². The Morgan fingerprint density at radius 2 is 2.19 bits per heavy atom. The van der Waals surface area contributed by atoms with Crippen LogP contribution in [0.5, 0.6) is 0 Å². The number of hydrogen-bond donors (Lipinski definition) is 2. The van der Waals surface area contributed by atoms with Gasteiger partial charge in [-0.25, -0.2) is 13.1 Å². The lowest BCUT2D eigenvalue weighted by atomic mass is 10.2. The predicted octanol–water partition coefficient (Wildman–Crippen LogP) is 0.363. The molecule has 0 aliphatic rings. The van der Waals surface area contributed by atoms with Crippen LogP contribution in [0, 0.1) is 10.1 Å². The Morgan fingerprint density at radius 3 is 2.71 bits per heavy atom. The van der Waals surface area contributed by atoms with Crippen molar-refractivity contribution in [1.82, 2.24) is 4.72 Å². The molecular weight excluding hydrogens is 304 g/mol. The largest absolute Gasteiger partial charge is 0.481 e. The fourth-order valence-corrected chi connectivity index (χ4v) is 2.59. The molecule has 0 saturated heterocycles. The molecule has 9 nitrogen and oxygen atoms in total. The third-order valence-electron chi connectivity index (χ3n) is 2.58. The third kappa shape index (κ3) is 5.10. The van der Waals surface area contributed by atoms with Gasteiger partial charge in [0.25, 0.3) is 5.69 Å². The molecule has 0 heterocycles. The first-order valence-electron chi connectivity index (χ1n) is 5.75. The Hall–Kier alpha value is -2.04. The average Bonchev–Trinajstić information content (AvgIpc) is 2.43. The molecule has 116 valence electrons. The van der Waals surface area contributed by atoms with Gasteiger partial charge in [-0.1, -0.05) is 6.07 Å². The van der Waals surface area contributed by atoms with Crippen molar-refractivity contribution in [1.29, 1.82) is 0 Å². The van der Waals surface area contributed by atoms with Crippen LogP contribution in [0.2, 0.25) is 0 Å². The molecule has 1 aromatic carbocycles. The van der Waals surface area contributed by atoms with Gasteiger partial charge in [0.05, 0.1) is 22.3 Å². The van der Waals surface area contributed by atoms with E-state index in [0.29, 0.717) is 0 Å². The standard InChI is InChI=1S/C11H14N2O7S/c1-20-9(6-11(14)15)7-12-21(18,19)10-4-2-3-8(5-10)13(16)17/h2-5,9,12H,6-7H2,1H3,(H,14,15). The second-order valence-electron chi connectivity index (χ2n) is 4.06. The number of nitro benzene ring substituents is 1. The Balaban J connectivity index is 2.84. The summed E-state index contributed by atoms with van der Waals surface area (Å²) in [5.41, 5.74) is -0.355. The van der Waals surface area contributed by atoms with Crippen LogP contribution in [0.4, 0.5) is 5.69 Å². The molecule has 21 heavy (non-hydrogen) atoms. The number of carbonyl (C=O) groups is 1. The number of benzene rings is 1. The van der Waals surface area contributed by atoms with Gasteiger partial charge in [0, 0.05) is 25.8 Å². The number of non-ortho nitro benzene ring substituents is 1. The summed E-state index contributed by atoms with van der Waals surface area (Å²) in [6.45, 7) is -0.256. The van der Waals surface area contributed by atoms with Crippen molar-refractivity contribution >= 4 is 21.7 Å². The van der Waals surface area contributed by atoms with E-state index >= 15 is 0 Å². The number of nitrogens with one attached hydrogen (secondary N) is 1. The predicted molar refractivity (Wildman–Crippen MR) is 71.3 cm³/mol. The summed E-state index contributed by atoms with van der Waals surface area (Å²) in [5, 5.41) is 19.2. The molecule has 0 fully saturated rings. The fourth-order valence-electron chi connectivity index (χ4n) is 1.48. The van der Waals surface area contributed by atoms with Crippen molar-refractivity contribution in [3.8, 4) is 0 Å². The highest BCUT2D eigenvalue weighted by Crippen LogP contribution is 2.17. The number of nitrogens with zero attached hydrogens (tertiary/aromatic N) is 1. The van der Waals surface area contributed by atoms with Gasteiger partial charge >= 0.3 is 5.97 Å². The van der Waals surface area contributed by atoms with E-state index in [2.05, 4.69) is 4.72 Å². The Bertz CT molecular complexity index is 629. The van der Waals surface area contributed by atoms with E-state index in [0.717, 1.165) is 6.07 Å². The third-order valence-corrected chi connectivity index (χ3v) is 4.00. The highest BCUT2D eigenvalue weighted by Gasteiger charge is 2.20. The molecule has 1 rings (SSSR count). The smallest absolute Gasteiger partial charge is 0.306 e. The first kappa shape index (κ1) is 17.0. The van der Waals surface area contributed by atoms with Crippen LogP contribution >= 0.6 is 0 Å². The van der Waals surface area contributed by atoms with Crippen LogP contribution < -0.4 is 4.72 Å². The van der Waals surface area contributed by atoms with Gasteiger partial charge in [-0.05, 0) is 6.07 Å². The maximum Gasteiger partial charge on any atom is 0.306 e. The number of ether oxygens (including phenoxy) is 1. The minimum atomic E-state index is -3.98. The normalized spacial score (nSPS) is 12.8. The summed E-state index contributed by atoms with van der Waals surface area (Å²) in [6, 6.07) is 4.54. The number of carboxylic acid groups (broad SMARTS) is 1. The molecular formula is C11H14N2O7S. The molecule has 0 radical (unpaired) electrons. The zero-order valence-corrected chi connectivity index (χ0v) is 11.9. The summed E-state index contributed by atoms with van der Waals surface area (Å²) in [7, 11) is -2.73. The maximum atomic E-state index is 12.0. The second kappa shape index (κ2) is 7.11. The molecule has 0 bridgehead atoms. The Labute approximate surface area is 120 Å². The molecule has 1 aromatic rings. The average molecular weight is 318 g/mol. The highest BCUT2D eigenvalue weighted by atomic mass is 32.2. The van der Waals surface area contributed by atoms with Gasteiger partial charge in [0.2, 0.25) is 10.0 Å². The minimum absolute atomic E-state index is 0.256. The topological polar surface area (TPSA) is 136 Å². The minimum Gasteiger partial charge on any atom is -0.481 e. The number of sulfonamides is 1. The molecule has 0 spiro atoms. The molecule has 10 heteroatoms. The lowest BCUT2D eigenvalue weighted by molar-refractivity contribution is -0.385. The molecule has 1 atom stereocenters. The lowest BCUT2D eigenvalue weighted by Gasteiger charge is -2.14. The summed E-state index contributed by atoms with van der Waals surface area (Å²) in [6.07, 6.45) is -1.20. The van der Waals surface area contributed by atoms with Crippen LogP contribution in [-0.4, -0.2) is 44.2 Å². The number of rotatable bonds is 8. The van der Waals surface area contributed by atoms with Crippen molar-refractivity contribution in [3.63, 3.8) is 0 Å². The first-order chi connectivity index (χ1) is 9.76. The van der Waals surface area contributed by atoms with Crippen molar-refractivity contribution in [3.05, 3.63) is 34.4 Å². The second-order valence-corrected chi connectivity index (χ2v) is 5.83. The van der Waals surface area contributed by atoms with Crippen LogP contribution in [0.3, 0.4) is 0 Å². The van der Waals surface area contributed by atoms with E-state index in [4.69, 9.17) is 9.84 Å². The SMILES string of the molecule is COC(CNS(=O)(=O)c1cccc([N+](=O)[O-])c1)CC(=O)O. The van der Waals surface area contributed by atoms with E-state index in [1.807, 2.05) is 0 Å². The van der Waals surface area contributed by atoms with Gasteiger partial charge < -0.3 is 9.84 Å². The number of nitro groups is 1. The van der Waals surface area contributed by atoms with Crippen molar-refractivity contribution in [2.75, 3.05) is 13.7 Å². The van der Waals surface area contributed by atoms with Gasteiger partial charge in [-0.3, -0.25) is 14.9 Å². The maximum absolute atomic E-state index is 12.0. The molecule has 0 aliphatic carbocycles. The molecule has 0 aliphatic heterocycles. The quantitative estimate of drug-likeness (QED) is 0.521. The summed E-state index contributed by atoms with van der Waals surface area (Å²) < 4.78 is 31.0. The number of carboxylic acids is 1. The lowest BCUT2D eigenvalue weighted by Crippen LogP contribution is -2.34. The summed E-state index contributed by atoms with van der Waals surface area (Å²) >= 11 is 0. The zero-order valence-electron chi connectivity index (χ0n) is 11.1. The van der Waals surface area contributed by atoms with E-state index in [1.165, 1.54) is 25.3 Å². The number of aliphatic carboxylic acids is 1. The van der Waals surface area contributed by atoms with Gasteiger partial charge in [0.15, 0.2) is 0 Å².